The Morgan fingerprint density at radius 1 is 0.833 bits per heavy atom. The fraction of sp³-hybridized carbons (Fsp3) is 0.704. The molecular weight excluding hydrogens is 1580 g/mol. The summed E-state index contributed by atoms with van der Waals surface area (Å²) in [5.74, 6) is -8.31. The molecule has 8 amide bonds. The number of phosphoric ester groups is 3. The largest absolute Gasteiger partial charge is 0.481 e. The summed E-state index contributed by atoms with van der Waals surface area (Å²) >= 11 is 1.16. The van der Waals surface area contributed by atoms with Crippen molar-refractivity contribution in [3.63, 3.8) is 0 Å². The molecule has 3 aliphatic rings. The molecule has 0 saturated carbocycles. The number of fused-ring (bicyclic) bond motifs is 1. The third-order valence-corrected chi connectivity index (χ3v) is 25.1. The number of aliphatic hydroxyl groups excluding tert-OH is 2. The fourth-order valence-corrected chi connectivity index (χ4v) is 18.2. The summed E-state index contributed by atoms with van der Waals surface area (Å²) in [5.41, 5.74) is 4.89. The Balaban J connectivity index is 0.888. The maximum Gasteiger partial charge on any atom is 0.481 e. The van der Waals surface area contributed by atoms with E-state index in [1.165, 1.54) is 40.0 Å². The standard InChI is InChI=1S/C71H113N12O27P3S/c1-14-41(6)54(47(104-12)33-52(86)81-30-21-24-46(81)60(105-13)43(8)65(91)78-45(70(95)96)32-44-22-17-15-18-23-44)42(7)58(88)55(39(2)3)79-66(92)57(40(4)5)80(11)51(85)25-19-16-20-29-82-53(87)34-49(68(82)94)114-31-28-73-50(84)26-27-74-67(93)62(90)71(9,10)36-107-113(102,103)110-112(100,101)106-35-48-61(109-111(97,98)99)59(89)69(108-48)83-38-77-56-63(72)75-37-76-64(56)83/h15,17-18,22-23,37-43,45-49,54-55,57,59-62,69,89-90H,14,16,19-21,24-36H2,1-13H3,(H,73,84)(H,74,93)(H,78,91)(H,79,92)(H,95,96)(H,100,101)(H,102,103)(H2,72,75,76)(H2,97,98,99)/t41-,42?,43+,45-,46-,47+,48-,49?,54+,55?,57-,59-,60+,61-,62-,69-/m0/s1. The Hall–Kier alpha value is -6.81. The number of aromatic nitrogens is 4. The number of phosphoric acid groups is 3. The molecule has 3 aliphatic heterocycles. The lowest BCUT2D eigenvalue weighted by molar-refractivity contribution is -0.146. The molecule has 0 spiro atoms. The van der Waals surface area contributed by atoms with Gasteiger partial charge in [-0.25, -0.2) is 33.4 Å². The number of ketones is 1. The molecule has 13 N–H and O–H groups in total. The first-order valence-electron chi connectivity index (χ1n) is 37.8. The number of nitrogen functional groups attached to an aromatic ring is 1. The van der Waals surface area contributed by atoms with E-state index in [9.17, 15) is 96.5 Å². The van der Waals surface area contributed by atoms with Gasteiger partial charge in [0.15, 0.2) is 23.5 Å². The van der Waals surface area contributed by atoms with Crippen molar-refractivity contribution in [2.45, 2.75) is 212 Å². The maximum absolute atomic E-state index is 14.9. The number of likely N-dealkylation sites (N-methyl/N-ethyl adjacent to an activating group) is 1. The minimum absolute atomic E-state index is 0.00188. The van der Waals surface area contributed by atoms with E-state index in [2.05, 4.69) is 45.1 Å². The molecule has 5 heterocycles. The summed E-state index contributed by atoms with van der Waals surface area (Å²) in [5, 5.41) is 41.8. The molecule has 0 bridgehead atoms. The van der Waals surface area contributed by atoms with Gasteiger partial charge in [0.1, 0.15) is 48.3 Å². The number of imidazole rings is 1. The number of likely N-dealkylation sites (tertiary alicyclic amines) is 2. The van der Waals surface area contributed by atoms with Crippen molar-refractivity contribution in [1.82, 2.24) is 55.5 Å². The van der Waals surface area contributed by atoms with Crippen LogP contribution in [0.25, 0.3) is 11.2 Å². The first-order chi connectivity index (χ1) is 53.4. The van der Waals surface area contributed by atoms with Crippen molar-refractivity contribution in [3.05, 3.63) is 48.5 Å². The molecule has 43 heteroatoms. The number of amides is 8. The number of carbonyl (C=O) groups excluding carboxylic acids is 9. The van der Waals surface area contributed by atoms with Crippen LogP contribution >= 0.6 is 35.2 Å². The number of hydrogen-bond acceptors (Lipinski definition) is 27. The summed E-state index contributed by atoms with van der Waals surface area (Å²) in [4.78, 5) is 191. The van der Waals surface area contributed by atoms with Crippen LogP contribution < -0.4 is 27.0 Å². The van der Waals surface area contributed by atoms with Crippen LogP contribution in [0.1, 0.15) is 145 Å². The van der Waals surface area contributed by atoms with E-state index in [4.69, 9.17) is 29.0 Å². The van der Waals surface area contributed by atoms with Gasteiger partial charge >= 0.3 is 29.4 Å². The summed E-state index contributed by atoms with van der Waals surface area (Å²) in [6, 6.07) is 5.26. The fourth-order valence-electron chi connectivity index (χ4n) is 14.4. The van der Waals surface area contributed by atoms with Gasteiger partial charge in [-0.15, -0.1) is 11.8 Å². The third-order valence-electron chi connectivity index (χ3n) is 20.8. The van der Waals surface area contributed by atoms with E-state index in [-0.39, 0.29) is 110 Å². The van der Waals surface area contributed by atoms with Crippen LogP contribution in [0.5, 0.6) is 0 Å². The molecule has 5 unspecified atom stereocenters. The van der Waals surface area contributed by atoms with Crippen molar-refractivity contribution in [1.29, 1.82) is 0 Å². The first kappa shape index (κ1) is 96.0. The second-order valence-corrected chi connectivity index (χ2v) is 35.8. The highest BCUT2D eigenvalue weighted by Gasteiger charge is 2.52. The summed E-state index contributed by atoms with van der Waals surface area (Å²) < 4.78 is 75.0. The van der Waals surface area contributed by atoms with E-state index < -0.39 is 174 Å². The van der Waals surface area contributed by atoms with Crippen LogP contribution in [-0.2, 0) is 100 Å². The average Bonchev–Trinajstić information content (AvgIpc) is 1.61. The normalized spacial score (nSPS) is 21.9. The number of unbranched alkanes of at least 4 members (excludes halogenated alkanes) is 2. The molecule has 2 aromatic heterocycles. The summed E-state index contributed by atoms with van der Waals surface area (Å²) in [6.45, 7) is 15.1. The number of aliphatic hydroxyl groups is 2. The number of thioether (sulfide) groups is 1. The topological polar surface area (TPSA) is 556 Å². The van der Waals surface area contributed by atoms with Gasteiger partial charge in [-0.3, -0.25) is 66.2 Å². The van der Waals surface area contributed by atoms with E-state index >= 15 is 0 Å². The van der Waals surface area contributed by atoms with Crippen molar-refractivity contribution in [2.75, 3.05) is 72.1 Å². The third kappa shape index (κ3) is 26.6. The van der Waals surface area contributed by atoms with Gasteiger partial charge in [-0.05, 0) is 54.9 Å². The highest BCUT2D eigenvalue weighted by Crippen LogP contribution is 2.61. The Labute approximate surface area is 666 Å². The number of anilines is 1. The lowest BCUT2D eigenvalue weighted by atomic mass is 9.73. The zero-order valence-electron chi connectivity index (χ0n) is 66.4. The van der Waals surface area contributed by atoms with Gasteiger partial charge in [0.2, 0.25) is 47.3 Å². The molecule has 3 fully saturated rings. The molecule has 1 aromatic carbocycles. The van der Waals surface area contributed by atoms with Gasteiger partial charge in [0.05, 0.1) is 61.4 Å². The van der Waals surface area contributed by atoms with Gasteiger partial charge < -0.3 is 85.9 Å². The lowest BCUT2D eigenvalue weighted by Crippen LogP contribution is -2.57. The Kier molecular flexibility index (Phi) is 36.3. The van der Waals surface area contributed by atoms with E-state index in [1.807, 2.05) is 33.8 Å². The quantitative estimate of drug-likeness (QED) is 0.0219. The summed E-state index contributed by atoms with van der Waals surface area (Å²) in [6.07, 6.45) is -5.94. The number of carboxylic acids is 1. The van der Waals surface area contributed by atoms with Crippen LogP contribution in [0.15, 0.2) is 43.0 Å². The predicted octanol–water partition coefficient (Wildman–Crippen LogP) is 3.18. The van der Waals surface area contributed by atoms with Crippen LogP contribution in [0.4, 0.5) is 5.82 Å². The van der Waals surface area contributed by atoms with Crippen molar-refractivity contribution >= 4 is 111 Å². The number of rotatable bonds is 48. The number of carboxylic acid groups (broad SMARTS) is 1. The number of nitrogens with one attached hydrogen (secondary N) is 4. The predicted molar refractivity (Wildman–Crippen MR) is 411 cm³/mol. The summed E-state index contributed by atoms with van der Waals surface area (Å²) in [7, 11) is -12.2. The van der Waals surface area contributed by atoms with Gasteiger partial charge in [0.25, 0.3) is 0 Å². The van der Waals surface area contributed by atoms with E-state index in [0.717, 1.165) is 39.4 Å². The van der Waals surface area contributed by atoms with Gasteiger partial charge in [0, 0.05) is 90.2 Å². The van der Waals surface area contributed by atoms with Crippen molar-refractivity contribution < 1.29 is 129 Å². The molecule has 3 saturated heterocycles. The van der Waals surface area contributed by atoms with Crippen LogP contribution in [0, 0.1) is 40.9 Å². The molecular formula is C71H113N12O27P3S. The minimum atomic E-state index is -5.66. The second kappa shape index (κ2) is 43.1. The number of nitrogens with zero attached hydrogens (tertiary/aromatic N) is 7. The highest BCUT2D eigenvalue weighted by molar-refractivity contribution is 8.00. The molecule has 39 nitrogen and oxygen atoms in total. The molecule has 18 atom stereocenters. The monoisotopic (exact) mass is 1690 g/mol. The Morgan fingerprint density at radius 3 is 2.13 bits per heavy atom. The molecule has 0 radical (unpaired) electrons. The Morgan fingerprint density at radius 2 is 1.51 bits per heavy atom. The molecule has 114 heavy (non-hydrogen) atoms. The molecule has 3 aromatic rings. The average molecular weight is 1690 g/mol. The number of hydrogen-bond donors (Lipinski definition) is 12. The van der Waals surface area contributed by atoms with Crippen LogP contribution in [0.2, 0.25) is 0 Å². The zero-order valence-corrected chi connectivity index (χ0v) is 69.9. The molecule has 6 rings (SSSR count). The number of benzene rings is 1. The van der Waals surface area contributed by atoms with Gasteiger partial charge in [-0.1, -0.05) is 112 Å². The second-order valence-electron chi connectivity index (χ2n) is 30.3. The number of Topliss-reactive ketones (excluding diaryl/α,β-unsaturated/α-hetero) is 1. The SMILES string of the molecule is CC[C@H](C)[C@H](C(C)C(=O)C(NC(=O)[C@H](C(C)C)N(C)C(=O)CCCCCN1C(=O)CC(SCCNC(=O)CCNC(=O)[C@H](O)C(C)(C)COP(=O)(O)OP(=O)(O)OC[C@@H]2O[C@H](n3cnc4c(N)ncnc43)[C@@H](O)[C@H]2OP(=O)(O)O)C1=O)C(C)C)[C@@H](CC(=O)N1CCC[C@H]1[C@H](OC)[C@@H](C)C(=O)N[C@@H](Cc1ccccc1)C(=O)O)OC. The van der Waals surface area contributed by atoms with Crippen molar-refractivity contribution in [2.24, 2.45) is 40.9 Å². The highest BCUT2D eigenvalue weighted by atomic mass is 32.2. The van der Waals surface area contributed by atoms with Gasteiger partial charge in [-0.2, -0.15) is 4.31 Å². The number of ether oxygens (including phenoxy) is 3. The first-order valence-corrected chi connectivity index (χ1v) is 43.3. The number of imide groups is 1. The number of nitrogens with two attached hydrogens (primary N) is 1. The Bertz CT molecular complexity index is 3950. The maximum atomic E-state index is 14.9. The minimum Gasteiger partial charge on any atom is -0.480 e. The molecule has 640 valence electrons. The van der Waals surface area contributed by atoms with Crippen LogP contribution in [-0.4, -0.2) is 261 Å². The van der Waals surface area contributed by atoms with E-state index in [1.54, 1.807) is 56.9 Å². The zero-order chi connectivity index (χ0) is 85.1. The molecule has 0 aliphatic carbocycles. The number of carbonyl (C=O) groups is 10. The van der Waals surface area contributed by atoms with Crippen molar-refractivity contribution in [3.8, 4) is 0 Å². The number of aliphatic carboxylic acids is 1. The lowest BCUT2D eigenvalue weighted by Gasteiger charge is -2.39. The number of methoxy groups -OCH3 is 2. The van der Waals surface area contributed by atoms with Crippen LogP contribution in [0.3, 0.4) is 0 Å². The smallest absolute Gasteiger partial charge is 0.480 e. The van der Waals surface area contributed by atoms with E-state index in [0.29, 0.717) is 45.1 Å².